The number of rotatable bonds is 7. The molecule has 2 N–H and O–H groups in total. The minimum absolute atomic E-state index is 0.135. The summed E-state index contributed by atoms with van der Waals surface area (Å²) in [6, 6.07) is 13.7. The Morgan fingerprint density at radius 3 is 2.31 bits per heavy atom. The third-order valence-corrected chi connectivity index (χ3v) is 5.49. The van der Waals surface area contributed by atoms with E-state index in [0.717, 1.165) is 24.0 Å². The topological polar surface area (TPSA) is 84.9 Å². The highest BCUT2D eigenvalue weighted by Crippen LogP contribution is 2.34. The first-order chi connectivity index (χ1) is 13.9. The molecule has 0 bridgehead atoms. The lowest BCUT2D eigenvalue weighted by Gasteiger charge is -2.38. The van der Waals surface area contributed by atoms with E-state index in [1.807, 2.05) is 32.0 Å². The predicted octanol–water partition coefficient (Wildman–Crippen LogP) is 3.25. The molecule has 6 heteroatoms. The number of aryl methyl sites for hydroxylation is 2. The van der Waals surface area contributed by atoms with Gasteiger partial charge in [-0.2, -0.15) is 0 Å². The predicted molar refractivity (Wildman–Crippen MR) is 110 cm³/mol. The van der Waals surface area contributed by atoms with E-state index in [1.165, 1.54) is 5.56 Å². The van der Waals surface area contributed by atoms with Gasteiger partial charge in [-0.1, -0.05) is 30.3 Å². The van der Waals surface area contributed by atoms with Crippen molar-refractivity contribution in [1.29, 1.82) is 0 Å². The van der Waals surface area contributed by atoms with Gasteiger partial charge in [0.2, 0.25) is 0 Å². The minimum atomic E-state index is -1.03. The van der Waals surface area contributed by atoms with Crippen LogP contribution in [0.15, 0.2) is 42.5 Å². The van der Waals surface area contributed by atoms with Crippen LogP contribution in [0.1, 0.15) is 39.9 Å². The number of carboxylic acids is 1. The Kier molecular flexibility index (Phi) is 6.54. The van der Waals surface area contributed by atoms with Crippen molar-refractivity contribution in [3.05, 3.63) is 64.7 Å². The van der Waals surface area contributed by atoms with Crippen LogP contribution in [0.2, 0.25) is 0 Å². The zero-order chi connectivity index (χ0) is 20.9. The maximum Gasteiger partial charge on any atom is 0.341 e. The monoisotopic (exact) mass is 397 g/mol. The van der Waals surface area contributed by atoms with Crippen molar-refractivity contribution >= 4 is 11.9 Å². The van der Waals surface area contributed by atoms with Gasteiger partial charge in [0.25, 0.3) is 5.91 Å². The standard InChI is InChI=1S/C23H27NO5/c1-16-12-18(13-17(2)21(16)29-14-20(25)26)22(27)24-15-23(8-10-28-11-9-23)19-6-4-3-5-7-19/h3-7,12-13H,8-11,14-15H2,1-2H3,(H,24,27)(H,25,26). The molecule has 0 atom stereocenters. The van der Waals surface area contributed by atoms with Crippen LogP contribution in [0.3, 0.4) is 0 Å². The van der Waals surface area contributed by atoms with Gasteiger partial charge in [0, 0.05) is 30.7 Å². The molecule has 2 aromatic rings. The molecule has 1 fully saturated rings. The van der Waals surface area contributed by atoms with Crippen molar-refractivity contribution < 1.29 is 24.2 Å². The molecule has 0 saturated carbocycles. The molecule has 1 heterocycles. The van der Waals surface area contributed by atoms with Gasteiger partial charge in [0.05, 0.1) is 0 Å². The summed E-state index contributed by atoms with van der Waals surface area (Å²) in [7, 11) is 0. The van der Waals surface area contributed by atoms with E-state index < -0.39 is 12.6 Å². The number of carbonyl (C=O) groups excluding carboxylic acids is 1. The van der Waals surface area contributed by atoms with Gasteiger partial charge < -0.3 is 19.9 Å². The molecule has 0 radical (unpaired) electrons. The van der Waals surface area contributed by atoms with E-state index in [-0.39, 0.29) is 11.3 Å². The SMILES string of the molecule is Cc1cc(C(=O)NCC2(c3ccccc3)CCOCC2)cc(C)c1OCC(=O)O. The maximum absolute atomic E-state index is 12.9. The normalized spacial score (nSPS) is 15.5. The second-order valence-corrected chi connectivity index (χ2v) is 7.56. The average molecular weight is 397 g/mol. The number of hydrogen-bond donors (Lipinski definition) is 2. The van der Waals surface area contributed by atoms with E-state index in [1.54, 1.807) is 12.1 Å². The van der Waals surface area contributed by atoms with E-state index in [9.17, 15) is 9.59 Å². The van der Waals surface area contributed by atoms with Crippen molar-refractivity contribution in [2.45, 2.75) is 32.1 Å². The fraction of sp³-hybridized carbons (Fsp3) is 0.391. The van der Waals surface area contributed by atoms with Crippen LogP contribution >= 0.6 is 0 Å². The quantitative estimate of drug-likeness (QED) is 0.749. The fourth-order valence-electron chi connectivity index (χ4n) is 3.92. The Morgan fingerprint density at radius 1 is 1.10 bits per heavy atom. The first-order valence-electron chi connectivity index (χ1n) is 9.79. The van der Waals surface area contributed by atoms with Crippen LogP contribution in [-0.2, 0) is 14.9 Å². The zero-order valence-electron chi connectivity index (χ0n) is 16.9. The minimum Gasteiger partial charge on any atom is -0.481 e. The first kappa shape index (κ1) is 20.9. The van der Waals surface area contributed by atoms with Crippen molar-refractivity contribution in [2.24, 2.45) is 0 Å². The number of carboxylic acid groups (broad SMARTS) is 1. The van der Waals surface area contributed by atoms with E-state index in [0.29, 0.717) is 31.1 Å². The van der Waals surface area contributed by atoms with E-state index in [2.05, 4.69) is 17.4 Å². The molecule has 0 unspecified atom stereocenters. The second kappa shape index (κ2) is 9.09. The smallest absolute Gasteiger partial charge is 0.341 e. The molecule has 3 rings (SSSR count). The van der Waals surface area contributed by atoms with Crippen molar-refractivity contribution in [3.8, 4) is 5.75 Å². The average Bonchev–Trinajstić information content (AvgIpc) is 2.72. The Hall–Kier alpha value is -2.86. The Morgan fingerprint density at radius 2 is 1.72 bits per heavy atom. The molecule has 0 spiro atoms. The van der Waals surface area contributed by atoms with Crippen LogP contribution in [0.25, 0.3) is 0 Å². The maximum atomic E-state index is 12.9. The number of nitrogens with one attached hydrogen (secondary N) is 1. The largest absolute Gasteiger partial charge is 0.481 e. The number of carbonyl (C=O) groups is 2. The zero-order valence-corrected chi connectivity index (χ0v) is 16.9. The summed E-state index contributed by atoms with van der Waals surface area (Å²) >= 11 is 0. The van der Waals surface area contributed by atoms with Gasteiger partial charge >= 0.3 is 5.97 Å². The summed E-state index contributed by atoms with van der Waals surface area (Å²) in [6.07, 6.45) is 1.72. The van der Waals surface area contributed by atoms with Crippen LogP contribution in [0.4, 0.5) is 0 Å². The van der Waals surface area contributed by atoms with Crippen molar-refractivity contribution in [1.82, 2.24) is 5.32 Å². The van der Waals surface area contributed by atoms with E-state index in [4.69, 9.17) is 14.6 Å². The summed E-state index contributed by atoms with van der Waals surface area (Å²) in [6.45, 7) is 5.11. The molecular weight excluding hydrogens is 370 g/mol. The molecule has 1 saturated heterocycles. The Labute approximate surface area is 170 Å². The summed E-state index contributed by atoms with van der Waals surface area (Å²) in [5, 5.41) is 11.9. The Balaban J connectivity index is 1.74. The number of hydrogen-bond acceptors (Lipinski definition) is 4. The van der Waals surface area contributed by atoms with Crippen LogP contribution < -0.4 is 10.1 Å². The van der Waals surface area contributed by atoms with Crippen LogP contribution in [0.5, 0.6) is 5.75 Å². The first-order valence-corrected chi connectivity index (χ1v) is 9.79. The van der Waals surface area contributed by atoms with Crippen LogP contribution in [-0.4, -0.2) is 43.3 Å². The molecule has 1 amide bonds. The van der Waals surface area contributed by atoms with Gasteiger partial charge in [-0.15, -0.1) is 0 Å². The second-order valence-electron chi connectivity index (χ2n) is 7.56. The molecule has 1 aliphatic rings. The van der Waals surface area contributed by atoms with Gasteiger partial charge in [-0.3, -0.25) is 4.79 Å². The summed E-state index contributed by atoms with van der Waals surface area (Å²) in [5.41, 5.74) is 3.09. The fourth-order valence-corrected chi connectivity index (χ4v) is 3.92. The molecule has 154 valence electrons. The molecule has 6 nitrogen and oxygen atoms in total. The lowest BCUT2D eigenvalue weighted by molar-refractivity contribution is -0.139. The van der Waals surface area contributed by atoms with E-state index >= 15 is 0 Å². The highest BCUT2D eigenvalue weighted by Gasteiger charge is 2.34. The summed E-state index contributed by atoms with van der Waals surface area (Å²) in [4.78, 5) is 23.6. The summed E-state index contributed by atoms with van der Waals surface area (Å²) in [5.74, 6) is -0.676. The van der Waals surface area contributed by atoms with Gasteiger partial charge in [0.15, 0.2) is 6.61 Å². The van der Waals surface area contributed by atoms with Gasteiger partial charge in [-0.25, -0.2) is 4.79 Å². The molecule has 0 aliphatic carbocycles. The highest BCUT2D eigenvalue weighted by molar-refractivity contribution is 5.95. The van der Waals surface area contributed by atoms with Gasteiger partial charge in [-0.05, 0) is 55.5 Å². The third-order valence-electron chi connectivity index (χ3n) is 5.49. The highest BCUT2D eigenvalue weighted by atomic mass is 16.5. The number of benzene rings is 2. The number of aliphatic carboxylic acids is 1. The van der Waals surface area contributed by atoms with Crippen LogP contribution in [0, 0.1) is 13.8 Å². The Bertz CT molecular complexity index is 849. The van der Waals surface area contributed by atoms with Gasteiger partial charge in [0.1, 0.15) is 5.75 Å². The number of ether oxygens (including phenoxy) is 2. The third kappa shape index (κ3) is 4.95. The molecular formula is C23H27NO5. The van der Waals surface area contributed by atoms with Crippen molar-refractivity contribution in [3.63, 3.8) is 0 Å². The molecule has 29 heavy (non-hydrogen) atoms. The summed E-state index contributed by atoms with van der Waals surface area (Å²) < 4.78 is 10.9. The van der Waals surface area contributed by atoms with Crippen molar-refractivity contribution in [2.75, 3.05) is 26.4 Å². The molecule has 2 aromatic carbocycles. The molecule has 0 aromatic heterocycles. The molecule has 1 aliphatic heterocycles. The number of amides is 1. The lowest BCUT2D eigenvalue weighted by Crippen LogP contribution is -2.44. The lowest BCUT2D eigenvalue weighted by atomic mass is 9.74.